The summed E-state index contributed by atoms with van der Waals surface area (Å²) in [5, 5.41) is 3.21. The predicted molar refractivity (Wildman–Crippen MR) is 153 cm³/mol. The van der Waals surface area contributed by atoms with E-state index < -0.39 is 0 Å². The fourth-order valence-corrected chi connectivity index (χ4v) is 6.17. The Morgan fingerprint density at radius 1 is 0.667 bits per heavy atom. The number of aromatic amines is 1. The van der Waals surface area contributed by atoms with E-state index in [1.54, 1.807) is 0 Å². The quantitative estimate of drug-likeness (QED) is 0.552. The van der Waals surface area contributed by atoms with E-state index in [4.69, 9.17) is 15.0 Å². The molecule has 0 aliphatic carbocycles. The lowest BCUT2D eigenvalue weighted by Crippen LogP contribution is -2.12. The Hall–Kier alpha value is -4.22. The monoisotopic (exact) mass is 482 g/mol. The third kappa shape index (κ3) is 3.88. The summed E-state index contributed by atoms with van der Waals surface area (Å²) in [6.45, 7) is 0.700. The van der Waals surface area contributed by atoms with Crippen LogP contribution in [-0.4, -0.2) is 33.2 Å². The summed E-state index contributed by atoms with van der Waals surface area (Å²) in [6, 6.07) is 25.2. The number of hydrogen-bond acceptors (Lipinski definition) is 4. The molecule has 1 N–H and O–H groups in total. The number of benzene rings is 2. The summed E-state index contributed by atoms with van der Waals surface area (Å²) in [5.41, 5.74) is 8.42. The summed E-state index contributed by atoms with van der Waals surface area (Å²) in [5.74, 6) is 0. The zero-order valence-corrected chi connectivity index (χ0v) is 20.2. The summed E-state index contributed by atoms with van der Waals surface area (Å²) in [7, 11) is 0. The standard InChI is InChI=1S/C31H22N4S/c1-3-7-20(8-4-1)29-26-15-13-24(34-26)17-22-11-12-23(33-22)18-25-14-16-27(35-25)30(21-9-5-2-6-10-21)31-32-19-28(29)36-31/h1-18,28,33H,19H2/b22-17-,23-18-,29-26-,30-27-. The third-order valence-electron chi connectivity index (χ3n) is 6.53. The first-order valence-corrected chi connectivity index (χ1v) is 12.9. The van der Waals surface area contributed by atoms with Gasteiger partial charge in [-0.25, -0.2) is 9.98 Å². The lowest BCUT2D eigenvalue weighted by Gasteiger charge is -2.17. The first-order valence-electron chi connectivity index (χ1n) is 12.0. The van der Waals surface area contributed by atoms with E-state index >= 15 is 0 Å². The molecule has 0 saturated heterocycles. The summed E-state index contributed by atoms with van der Waals surface area (Å²) in [6.07, 6.45) is 12.6. The van der Waals surface area contributed by atoms with Crippen molar-refractivity contribution in [3.63, 3.8) is 0 Å². The molecule has 172 valence electrons. The molecule has 1 atom stereocenters. The lowest BCUT2D eigenvalue weighted by atomic mass is 10.00. The second kappa shape index (κ2) is 8.77. The van der Waals surface area contributed by atoms with Crippen LogP contribution in [-0.2, 0) is 0 Å². The maximum Gasteiger partial charge on any atom is 0.101 e. The summed E-state index contributed by atoms with van der Waals surface area (Å²) in [4.78, 5) is 18.6. The van der Waals surface area contributed by atoms with E-state index in [2.05, 4.69) is 108 Å². The van der Waals surface area contributed by atoms with Crippen LogP contribution in [0, 0.1) is 0 Å². The maximum atomic E-state index is 5.08. The predicted octanol–water partition coefficient (Wildman–Crippen LogP) is 4.95. The van der Waals surface area contributed by atoms with Gasteiger partial charge in [0.2, 0.25) is 0 Å². The molecule has 1 aromatic heterocycles. The molecule has 36 heavy (non-hydrogen) atoms. The second-order valence-electron chi connectivity index (χ2n) is 8.94. The van der Waals surface area contributed by atoms with E-state index in [-0.39, 0.29) is 5.25 Å². The van der Waals surface area contributed by atoms with Gasteiger partial charge in [0.1, 0.15) is 5.04 Å². The number of fused-ring (bicyclic) bond motifs is 6. The van der Waals surface area contributed by atoms with Crippen molar-refractivity contribution in [2.45, 2.75) is 5.25 Å². The van der Waals surface area contributed by atoms with Crippen molar-refractivity contribution in [1.29, 1.82) is 0 Å². The molecule has 4 aliphatic heterocycles. The van der Waals surface area contributed by atoms with Gasteiger partial charge in [0.15, 0.2) is 0 Å². The molecule has 0 radical (unpaired) electrons. The summed E-state index contributed by atoms with van der Waals surface area (Å²) < 4.78 is 0. The van der Waals surface area contributed by atoms with Gasteiger partial charge in [-0.3, -0.25) is 4.99 Å². The van der Waals surface area contributed by atoms with Crippen LogP contribution in [0.2, 0.25) is 0 Å². The van der Waals surface area contributed by atoms with Crippen molar-refractivity contribution < 1.29 is 0 Å². The minimum atomic E-state index is 0.162. The SMILES string of the molecule is C1=C/C2=C(\c3ccccc3)C3=NCC(S3)/C(c3ccccc3)=C3/C=CC(=N3)/C=c3/cc/c([nH]3)=C/C1=N2. The smallest absolute Gasteiger partial charge is 0.101 e. The molecule has 2 aromatic carbocycles. The van der Waals surface area contributed by atoms with Crippen molar-refractivity contribution in [1.82, 2.24) is 4.98 Å². The zero-order valence-electron chi connectivity index (χ0n) is 19.4. The third-order valence-corrected chi connectivity index (χ3v) is 7.76. The van der Waals surface area contributed by atoms with Gasteiger partial charge in [-0.05, 0) is 59.7 Å². The first kappa shape index (κ1) is 21.1. The van der Waals surface area contributed by atoms with Gasteiger partial charge in [0.05, 0.1) is 34.6 Å². The number of nitrogens with zero attached hydrogens (tertiary/aromatic N) is 3. The van der Waals surface area contributed by atoms with Crippen LogP contribution in [0.1, 0.15) is 11.1 Å². The average molecular weight is 483 g/mol. The van der Waals surface area contributed by atoms with Crippen LogP contribution in [0.5, 0.6) is 0 Å². The van der Waals surface area contributed by atoms with Crippen molar-refractivity contribution >= 4 is 51.5 Å². The molecule has 5 heteroatoms. The zero-order chi connectivity index (χ0) is 23.9. The molecule has 4 aliphatic rings. The lowest BCUT2D eigenvalue weighted by molar-refractivity contribution is 1.06. The molecule has 0 spiro atoms. The van der Waals surface area contributed by atoms with Crippen molar-refractivity contribution in [2.24, 2.45) is 15.0 Å². The van der Waals surface area contributed by atoms with Crippen LogP contribution in [0.15, 0.2) is 123 Å². The largest absolute Gasteiger partial charge is 0.355 e. The van der Waals surface area contributed by atoms with Gasteiger partial charge < -0.3 is 4.98 Å². The number of thioether (sulfide) groups is 1. The van der Waals surface area contributed by atoms with Crippen molar-refractivity contribution in [2.75, 3.05) is 6.54 Å². The molecular formula is C31H22N4S. The molecule has 1 unspecified atom stereocenters. The Labute approximate surface area is 213 Å². The minimum Gasteiger partial charge on any atom is -0.355 e. The topological polar surface area (TPSA) is 52.9 Å². The highest BCUT2D eigenvalue weighted by Gasteiger charge is 2.30. The Morgan fingerprint density at radius 2 is 1.28 bits per heavy atom. The fraction of sp³-hybridized carbons (Fsp3) is 0.0645. The molecule has 5 heterocycles. The second-order valence-corrected chi connectivity index (χ2v) is 10.1. The Balaban J connectivity index is 1.46. The summed E-state index contributed by atoms with van der Waals surface area (Å²) >= 11 is 1.81. The number of allylic oxidation sites excluding steroid dienone is 4. The van der Waals surface area contributed by atoms with E-state index in [1.807, 2.05) is 17.8 Å². The van der Waals surface area contributed by atoms with Crippen LogP contribution in [0.3, 0.4) is 0 Å². The number of nitrogens with one attached hydrogen (secondary N) is 1. The molecule has 0 fully saturated rings. The van der Waals surface area contributed by atoms with Gasteiger partial charge >= 0.3 is 0 Å². The Morgan fingerprint density at radius 3 is 1.97 bits per heavy atom. The molecule has 3 aromatic rings. The van der Waals surface area contributed by atoms with E-state index in [0.717, 1.165) is 49.7 Å². The van der Waals surface area contributed by atoms with Crippen LogP contribution < -0.4 is 10.7 Å². The molecule has 0 amide bonds. The highest BCUT2D eigenvalue weighted by Crippen LogP contribution is 2.41. The van der Waals surface area contributed by atoms with E-state index in [1.165, 1.54) is 11.1 Å². The number of rotatable bonds is 2. The molecule has 4 nitrogen and oxygen atoms in total. The maximum absolute atomic E-state index is 5.08. The Kier molecular flexibility index (Phi) is 5.14. The normalized spacial score (nSPS) is 26.1. The first-order chi connectivity index (χ1) is 17.8. The number of aromatic nitrogens is 1. The van der Waals surface area contributed by atoms with Gasteiger partial charge in [-0.15, -0.1) is 0 Å². The van der Waals surface area contributed by atoms with E-state index in [0.29, 0.717) is 6.54 Å². The number of aliphatic imine (C=N–C) groups is 3. The molecular weight excluding hydrogens is 460 g/mol. The van der Waals surface area contributed by atoms with Crippen molar-refractivity contribution in [3.05, 3.63) is 130 Å². The van der Waals surface area contributed by atoms with Crippen LogP contribution in [0.4, 0.5) is 0 Å². The van der Waals surface area contributed by atoms with Gasteiger partial charge in [-0.2, -0.15) is 0 Å². The van der Waals surface area contributed by atoms with Gasteiger partial charge in [0.25, 0.3) is 0 Å². The van der Waals surface area contributed by atoms with Gasteiger partial charge in [-0.1, -0.05) is 72.4 Å². The number of H-pyrrole nitrogens is 1. The fourth-order valence-electron chi connectivity index (χ4n) is 4.89. The van der Waals surface area contributed by atoms with Crippen LogP contribution >= 0.6 is 11.8 Å². The Bertz CT molecular complexity index is 1710. The molecule has 7 rings (SSSR count). The highest BCUT2D eigenvalue weighted by atomic mass is 32.2. The number of hydrogen-bond donors (Lipinski definition) is 1. The van der Waals surface area contributed by atoms with E-state index in [9.17, 15) is 0 Å². The molecule has 0 saturated carbocycles. The van der Waals surface area contributed by atoms with Gasteiger partial charge in [0, 0.05) is 21.8 Å². The van der Waals surface area contributed by atoms with Crippen LogP contribution in [0.25, 0.3) is 23.3 Å². The highest BCUT2D eigenvalue weighted by molar-refractivity contribution is 8.16. The average Bonchev–Trinajstić information content (AvgIpc) is 3.72. The van der Waals surface area contributed by atoms with Crippen molar-refractivity contribution in [3.8, 4) is 0 Å². The molecule has 8 bridgehead atoms. The minimum absolute atomic E-state index is 0.162.